The van der Waals surface area contributed by atoms with Crippen LogP contribution in [0.3, 0.4) is 0 Å². The standard InChI is InChI=1S/C9H14N2O2/c1-2-13-9(12)8(10)6-7-4-3-5-11-7/h3-5,8,11H,2,6,10H2,1H3. The highest BCUT2D eigenvalue weighted by Crippen LogP contribution is 1.99. The van der Waals surface area contributed by atoms with Gasteiger partial charge in [-0.2, -0.15) is 0 Å². The van der Waals surface area contributed by atoms with Gasteiger partial charge in [0, 0.05) is 18.3 Å². The van der Waals surface area contributed by atoms with Crippen molar-refractivity contribution < 1.29 is 9.53 Å². The van der Waals surface area contributed by atoms with Crippen LogP contribution in [-0.2, 0) is 16.0 Å². The summed E-state index contributed by atoms with van der Waals surface area (Å²) in [7, 11) is 0. The molecule has 0 aliphatic rings. The van der Waals surface area contributed by atoms with E-state index in [9.17, 15) is 4.79 Å². The monoisotopic (exact) mass is 182 g/mol. The Morgan fingerprint density at radius 1 is 1.77 bits per heavy atom. The molecule has 1 atom stereocenters. The molecular formula is C9H14N2O2. The van der Waals surface area contributed by atoms with Gasteiger partial charge in [-0.25, -0.2) is 0 Å². The van der Waals surface area contributed by atoms with Gasteiger partial charge >= 0.3 is 5.97 Å². The van der Waals surface area contributed by atoms with Crippen molar-refractivity contribution >= 4 is 5.97 Å². The lowest BCUT2D eigenvalue weighted by Crippen LogP contribution is -2.34. The molecule has 0 saturated heterocycles. The van der Waals surface area contributed by atoms with Crippen LogP contribution in [0.2, 0.25) is 0 Å². The van der Waals surface area contributed by atoms with Crippen LogP contribution in [-0.4, -0.2) is 23.6 Å². The number of ether oxygens (including phenoxy) is 1. The molecule has 0 bridgehead atoms. The van der Waals surface area contributed by atoms with E-state index in [1.54, 1.807) is 13.1 Å². The second-order valence-electron chi connectivity index (χ2n) is 2.76. The molecule has 1 aromatic heterocycles. The Balaban J connectivity index is 2.41. The molecule has 4 nitrogen and oxygen atoms in total. The lowest BCUT2D eigenvalue weighted by atomic mass is 10.2. The number of rotatable bonds is 4. The zero-order valence-corrected chi connectivity index (χ0v) is 7.62. The number of aromatic nitrogens is 1. The Labute approximate surface area is 77.1 Å². The van der Waals surface area contributed by atoms with Crippen molar-refractivity contribution in [3.8, 4) is 0 Å². The van der Waals surface area contributed by atoms with Crippen LogP contribution in [0.1, 0.15) is 12.6 Å². The summed E-state index contributed by atoms with van der Waals surface area (Å²) < 4.78 is 4.77. The summed E-state index contributed by atoms with van der Waals surface area (Å²) in [6, 6.07) is 3.19. The number of hydrogen-bond acceptors (Lipinski definition) is 3. The molecule has 0 fully saturated rings. The van der Waals surface area contributed by atoms with E-state index in [0.29, 0.717) is 13.0 Å². The zero-order valence-electron chi connectivity index (χ0n) is 7.62. The van der Waals surface area contributed by atoms with Crippen molar-refractivity contribution in [1.82, 2.24) is 4.98 Å². The fourth-order valence-corrected chi connectivity index (χ4v) is 1.06. The van der Waals surface area contributed by atoms with Crippen LogP contribution in [0.25, 0.3) is 0 Å². The molecule has 0 aromatic carbocycles. The van der Waals surface area contributed by atoms with Crippen molar-refractivity contribution in [2.75, 3.05) is 6.61 Å². The summed E-state index contributed by atoms with van der Waals surface area (Å²) in [5, 5.41) is 0. The second-order valence-corrected chi connectivity index (χ2v) is 2.76. The van der Waals surface area contributed by atoms with Gasteiger partial charge in [-0.15, -0.1) is 0 Å². The van der Waals surface area contributed by atoms with Gasteiger partial charge in [0.2, 0.25) is 0 Å². The summed E-state index contributed by atoms with van der Waals surface area (Å²) in [4.78, 5) is 14.1. The van der Waals surface area contributed by atoms with E-state index in [4.69, 9.17) is 10.5 Å². The van der Waals surface area contributed by atoms with Crippen molar-refractivity contribution in [2.45, 2.75) is 19.4 Å². The minimum Gasteiger partial charge on any atom is -0.465 e. The van der Waals surface area contributed by atoms with Crippen molar-refractivity contribution in [1.29, 1.82) is 0 Å². The number of aromatic amines is 1. The molecule has 13 heavy (non-hydrogen) atoms. The van der Waals surface area contributed by atoms with Gasteiger partial charge in [-0.1, -0.05) is 0 Å². The molecule has 72 valence electrons. The number of hydrogen-bond donors (Lipinski definition) is 2. The second kappa shape index (κ2) is 4.67. The fraction of sp³-hybridized carbons (Fsp3) is 0.444. The molecule has 4 heteroatoms. The lowest BCUT2D eigenvalue weighted by Gasteiger charge is -2.08. The van der Waals surface area contributed by atoms with Crippen molar-refractivity contribution in [3.05, 3.63) is 24.0 Å². The van der Waals surface area contributed by atoms with E-state index in [1.165, 1.54) is 0 Å². The highest BCUT2D eigenvalue weighted by Gasteiger charge is 2.14. The van der Waals surface area contributed by atoms with E-state index in [1.807, 2.05) is 12.1 Å². The third kappa shape index (κ3) is 2.91. The highest BCUT2D eigenvalue weighted by atomic mass is 16.5. The first kappa shape index (κ1) is 9.80. The Bertz CT molecular complexity index is 257. The molecule has 0 amide bonds. The van der Waals surface area contributed by atoms with Crippen LogP contribution < -0.4 is 5.73 Å². The Morgan fingerprint density at radius 2 is 2.54 bits per heavy atom. The minimum atomic E-state index is -0.571. The molecule has 1 heterocycles. The Morgan fingerprint density at radius 3 is 3.08 bits per heavy atom. The molecule has 3 N–H and O–H groups in total. The first-order chi connectivity index (χ1) is 6.24. The normalized spacial score (nSPS) is 12.5. The van der Waals surface area contributed by atoms with Gasteiger partial charge in [0.25, 0.3) is 0 Å². The lowest BCUT2D eigenvalue weighted by molar-refractivity contribution is -0.144. The summed E-state index contributed by atoms with van der Waals surface area (Å²) in [5.74, 6) is -0.350. The molecule has 1 rings (SSSR count). The first-order valence-corrected chi connectivity index (χ1v) is 4.28. The van der Waals surface area contributed by atoms with Gasteiger partial charge in [-0.05, 0) is 19.1 Å². The number of carbonyl (C=O) groups is 1. The summed E-state index contributed by atoms with van der Waals surface area (Å²) in [6.07, 6.45) is 2.29. The minimum absolute atomic E-state index is 0.350. The third-order valence-electron chi connectivity index (χ3n) is 1.69. The highest BCUT2D eigenvalue weighted by molar-refractivity contribution is 5.75. The quantitative estimate of drug-likeness (QED) is 0.664. The Hall–Kier alpha value is -1.29. The van der Waals surface area contributed by atoms with E-state index < -0.39 is 6.04 Å². The maximum absolute atomic E-state index is 11.1. The van der Waals surface area contributed by atoms with Gasteiger partial charge in [0.15, 0.2) is 0 Å². The average molecular weight is 182 g/mol. The molecule has 0 aliphatic carbocycles. The third-order valence-corrected chi connectivity index (χ3v) is 1.69. The topological polar surface area (TPSA) is 68.1 Å². The largest absolute Gasteiger partial charge is 0.465 e. The van der Waals surface area contributed by atoms with Crippen molar-refractivity contribution in [2.24, 2.45) is 5.73 Å². The van der Waals surface area contributed by atoms with Gasteiger partial charge in [-0.3, -0.25) is 4.79 Å². The smallest absolute Gasteiger partial charge is 0.323 e. The predicted octanol–water partition coefficient (Wildman–Crippen LogP) is 0.448. The molecule has 0 aliphatic heterocycles. The molecule has 0 saturated carbocycles. The average Bonchev–Trinajstić information content (AvgIpc) is 2.57. The van der Waals surface area contributed by atoms with Gasteiger partial charge in [0.1, 0.15) is 6.04 Å². The van der Waals surface area contributed by atoms with Gasteiger partial charge in [0.05, 0.1) is 6.61 Å². The molecule has 0 radical (unpaired) electrons. The first-order valence-electron chi connectivity index (χ1n) is 4.28. The number of carbonyl (C=O) groups excluding carboxylic acids is 1. The molecule has 0 spiro atoms. The van der Waals surface area contributed by atoms with Crippen LogP contribution in [0.15, 0.2) is 18.3 Å². The zero-order chi connectivity index (χ0) is 9.68. The molecular weight excluding hydrogens is 168 g/mol. The van der Waals surface area contributed by atoms with E-state index >= 15 is 0 Å². The van der Waals surface area contributed by atoms with E-state index in [2.05, 4.69) is 4.98 Å². The van der Waals surface area contributed by atoms with Crippen LogP contribution in [0.5, 0.6) is 0 Å². The van der Waals surface area contributed by atoms with E-state index in [0.717, 1.165) is 5.69 Å². The Kier molecular flexibility index (Phi) is 3.52. The SMILES string of the molecule is CCOC(=O)C(N)Cc1ccc[nH]1. The number of esters is 1. The van der Waals surface area contributed by atoms with E-state index in [-0.39, 0.29) is 5.97 Å². The molecule has 1 aromatic rings. The maximum Gasteiger partial charge on any atom is 0.323 e. The molecule has 1 unspecified atom stereocenters. The summed E-state index contributed by atoms with van der Waals surface area (Å²) >= 11 is 0. The summed E-state index contributed by atoms with van der Waals surface area (Å²) in [6.45, 7) is 2.14. The number of nitrogens with one attached hydrogen (secondary N) is 1. The van der Waals surface area contributed by atoms with Crippen LogP contribution in [0, 0.1) is 0 Å². The fourth-order valence-electron chi connectivity index (χ4n) is 1.06. The number of nitrogens with two attached hydrogens (primary N) is 1. The summed E-state index contributed by atoms with van der Waals surface area (Å²) in [5.41, 5.74) is 6.54. The number of H-pyrrole nitrogens is 1. The van der Waals surface area contributed by atoms with Crippen LogP contribution in [0.4, 0.5) is 0 Å². The predicted molar refractivity (Wildman–Crippen MR) is 49.1 cm³/mol. The maximum atomic E-state index is 11.1. The van der Waals surface area contributed by atoms with Crippen molar-refractivity contribution in [3.63, 3.8) is 0 Å². The van der Waals surface area contributed by atoms with Crippen LogP contribution >= 0.6 is 0 Å². The van der Waals surface area contributed by atoms with Gasteiger partial charge < -0.3 is 15.5 Å².